The van der Waals surface area contributed by atoms with E-state index in [9.17, 15) is 36.2 Å². The number of alkyl halides is 6. The Morgan fingerprint density at radius 1 is 1.15 bits per heavy atom. The van der Waals surface area contributed by atoms with Crippen molar-refractivity contribution < 1.29 is 45.4 Å². The van der Waals surface area contributed by atoms with Gasteiger partial charge in [-0.1, -0.05) is 49.4 Å². The minimum absolute atomic E-state index is 0.123. The predicted molar refractivity (Wildman–Crippen MR) is 129 cm³/mol. The maximum Gasteiger partial charge on any atom is 0.426 e. The molecule has 2 aromatic heterocycles. The molecule has 3 heterocycles. The van der Waals surface area contributed by atoms with E-state index in [0.29, 0.717) is 11.6 Å². The van der Waals surface area contributed by atoms with Crippen LogP contribution in [0.4, 0.5) is 36.8 Å². The Bertz CT molecular complexity index is 1370. The number of anilines is 1. The minimum atomic E-state index is -5.05. The Labute approximate surface area is 224 Å². The zero-order chi connectivity index (χ0) is 29.1. The van der Waals surface area contributed by atoms with E-state index >= 15 is 0 Å². The van der Waals surface area contributed by atoms with Crippen molar-refractivity contribution in [3.63, 3.8) is 0 Å². The van der Waals surface area contributed by atoms with Crippen molar-refractivity contribution in [2.75, 3.05) is 5.32 Å². The van der Waals surface area contributed by atoms with Crippen LogP contribution >= 0.6 is 0 Å². The third kappa shape index (κ3) is 6.27. The van der Waals surface area contributed by atoms with Crippen molar-refractivity contribution in [1.29, 1.82) is 0 Å². The summed E-state index contributed by atoms with van der Waals surface area (Å²) in [5.74, 6) is -2.08. The van der Waals surface area contributed by atoms with E-state index in [2.05, 4.69) is 15.2 Å². The van der Waals surface area contributed by atoms with Crippen LogP contribution in [0, 0.1) is 5.92 Å². The van der Waals surface area contributed by atoms with Gasteiger partial charge in [0.2, 0.25) is 5.60 Å². The lowest BCUT2D eigenvalue weighted by Gasteiger charge is -2.32. The first-order chi connectivity index (χ1) is 18.8. The topological polar surface area (TPSA) is 110 Å². The van der Waals surface area contributed by atoms with E-state index in [1.807, 2.05) is 0 Å². The molecule has 0 spiro atoms. The van der Waals surface area contributed by atoms with Gasteiger partial charge in [0.25, 0.3) is 11.8 Å². The van der Waals surface area contributed by atoms with E-state index in [0.717, 1.165) is 0 Å². The molecular formula is C26H24F6N4O4. The van der Waals surface area contributed by atoms with Gasteiger partial charge < -0.3 is 14.3 Å². The normalized spacial score (nSPS) is 20.1. The summed E-state index contributed by atoms with van der Waals surface area (Å²) in [5.41, 5.74) is -5.50. The molecular weight excluding hydrogens is 546 g/mol. The van der Waals surface area contributed by atoms with Gasteiger partial charge in [-0.25, -0.2) is 9.78 Å². The number of hydrogen-bond donors (Lipinski definition) is 2. The molecule has 14 heteroatoms. The zero-order valence-electron chi connectivity index (χ0n) is 21.0. The van der Waals surface area contributed by atoms with Gasteiger partial charge in [-0.05, 0) is 43.2 Å². The second kappa shape index (κ2) is 11.3. The maximum atomic E-state index is 14.7. The van der Waals surface area contributed by atoms with Gasteiger partial charge in [0.1, 0.15) is 0 Å². The lowest BCUT2D eigenvalue weighted by Crippen LogP contribution is -2.45. The number of amides is 1. The van der Waals surface area contributed by atoms with Gasteiger partial charge in [-0.2, -0.15) is 26.3 Å². The summed E-state index contributed by atoms with van der Waals surface area (Å²) in [6.07, 6.45) is -9.26. The summed E-state index contributed by atoms with van der Waals surface area (Å²) < 4.78 is 96.9. The average molecular weight is 570 g/mol. The summed E-state index contributed by atoms with van der Waals surface area (Å²) in [6.45, 7) is 1.20. The highest BCUT2D eigenvalue weighted by atomic mass is 19.4. The number of nitrogens with one attached hydrogen (secondary N) is 1. The van der Waals surface area contributed by atoms with Crippen molar-refractivity contribution in [3.05, 3.63) is 71.3 Å². The van der Waals surface area contributed by atoms with E-state index in [1.165, 1.54) is 6.08 Å². The number of pyridine rings is 1. The largest absolute Gasteiger partial charge is 0.465 e. The number of rotatable bonds is 4. The maximum absolute atomic E-state index is 14.7. The molecule has 3 aromatic rings. The highest BCUT2D eigenvalue weighted by Gasteiger charge is 2.61. The van der Waals surface area contributed by atoms with Crippen molar-refractivity contribution >= 4 is 11.8 Å². The molecule has 4 bridgehead atoms. The molecule has 1 aliphatic heterocycles. The number of fused-ring (bicyclic) bond motifs is 5. The number of benzene rings is 1. The highest BCUT2D eigenvalue weighted by Crippen LogP contribution is 2.47. The standard InChI is InChI=1S/C26H24F6N4O4/c1-15-8-4-3-7-11-24(26(30,31)32,39-14-16-9-5-2-6-10-16)22-36-35-21(40-22)20-19(34-23(37)38)13-17(25(27,28)29)18(12-15)33-20/h2-6,9-10,13,15,34H,7-8,11-12,14H2,1H3,(H,37,38)/t15?,24-/m1/s1. The predicted octanol–water partition coefficient (Wildman–Crippen LogP) is 7.13. The Kier molecular flexibility index (Phi) is 8.19. The number of carboxylic acid groups (broad SMARTS) is 1. The van der Waals surface area contributed by atoms with E-state index in [4.69, 9.17) is 9.15 Å². The van der Waals surface area contributed by atoms with Crippen LogP contribution in [0.15, 0.2) is 53.0 Å². The number of halogens is 6. The van der Waals surface area contributed by atoms with Crippen LogP contribution < -0.4 is 5.32 Å². The lowest BCUT2D eigenvalue weighted by atomic mass is 9.94. The van der Waals surface area contributed by atoms with Gasteiger partial charge in [0.15, 0.2) is 5.69 Å². The van der Waals surface area contributed by atoms with E-state index in [1.54, 1.807) is 48.6 Å². The van der Waals surface area contributed by atoms with Crippen molar-refractivity contribution in [2.24, 2.45) is 5.92 Å². The molecule has 40 heavy (non-hydrogen) atoms. The van der Waals surface area contributed by atoms with Gasteiger partial charge in [0, 0.05) is 0 Å². The number of carbonyl (C=O) groups is 1. The number of ether oxygens (including phenoxy) is 1. The summed E-state index contributed by atoms with van der Waals surface area (Å²) in [4.78, 5) is 15.4. The Morgan fingerprint density at radius 2 is 1.88 bits per heavy atom. The van der Waals surface area contributed by atoms with Gasteiger partial charge in [-0.15, -0.1) is 10.2 Å². The first-order valence-corrected chi connectivity index (χ1v) is 12.1. The van der Waals surface area contributed by atoms with Crippen molar-refractivity contribution in [2.45, 2.75) is 57.2 Å². The fraction of sp³-hybridized carbons (Fsp3) is 0.385. The molecule has 0 saturated carbocycles. The average Bonchev–Trinajstić information content (AvgIpc) is 3.35. The Balaban J connectivity index is 1.91. The van der Waals surface area contributed by atoms with Crippen LogP contribution in [0.2, 0.25) is 0 Å². The van der Waals surface area contributed by atoms with Crippen molar-refractivity contribution in [1.82, 2.24) is 15.2 Å². The molecule has 1 aliphatic rings. The van der Waals surface area contributed by atoms with Gasteiger partial charge in [0.05, 0.1) is 23.6 Å². The van der Waals surface area contributed by atoms with Crippen LogP contribution in [-0.2, 0) is 29.5 Å². The molecule has 0 fully saturated rings. The second-order valence-electron chi connectivity index (χ2n) is 9.37. The molecule has 1 amide bonds. The molecule has 0 saturated heterocycles. The summed E-state index contributed by atoms with van der Waals surface area (Å²) in [6, 6.07) is 8.62. The molecule has 1 aromatic carbocycles. The molecule has 2 atom stereocenters. The van der Waals surface area contributed by atoms with Crippen LogP contribution in [0.1, 0.15) is 48.9 Å². The third-order valence-electron chi connectivity index (χ3n) is 6.32. The van der Waals surface area contributed by atoms with Crippen LogP contribution in [0.25, 0.3) is 11.6 Å². The fourth-order valence-electron chi connectivity index (χ4n) is 4.32. The van der Waals surface area contributed by atoms with Crippen molar-refractivity contribution in [3.8, 4) is 11.6 Å². The van der Waals surface area contributed by atoms with Crippen LogP contribution in [0.5, 0.6) is 0 Å². The SMILES string of the molecule is CC1CC=CCC[C@](OCc2ccccc2)(C(F)(F)F)c2nnc(o2)-c2nc(c(C(F)(F)F)cc2NC(=O)O)C1. The molecule has 214 valence electrons. The number of aromatic nitrogens is 3. The van der Waals surface area contributed by atoms with Crippen LogP contribution in [-0.4, -0.2) is 32.6 Å². The summed E-state index contributed by atoms with van der Waals surface area (Å²) in [7, 11) is 0. The number of hydrogen-bond acceptors (Lipinski definition) is 6. The molecule has 0 radical (unpaired) electrons. The Morgan fingerprint density at radius 3 is 2.52 bits per heavy atom. The fourth-order valence-corrected chi connectivity index (χ4v) is 4.32. The van der Waals surface area contributed by atoms with E-state index < -0.39 is 71.5 Å². The van der Waals surface area contributed by atoms with Gasteiger partial charge >= 0.3 is 18.4 Å². The number of allylic oxidation sites excluding steroid dienone is 2. The lowest BCUT2D eigenvalue weighted by molar-refractivity contribution is -0.299. The quantitative estimate of drug-likeness (QED) is 0.254. The first kappa shape index (κ1) is 29.1. The minimum Gasteiger partial charge on any atom is -0.465 e. The molecule has 1 unspecified atom stereocenters. The summed E-state index contributed by atoms with van der Waals surface area (Å²) in [5, 5.41) is 18.2. The highest BCUT2D eigenvalue weighted by molar-refractivity contribution is 5.88. The zero-order valence-corrected chi connectivity index (χ0v) is 21.0. The smallest absolute Gasteiger partial charge is 0.426 e. The monoisotopic (exact) mass is 570 g/mol. The molecule has 8 nitrogen and oxygen atoms in total. The first-order valence-electron chi connectivity index (χ1n) is 12.1. The third-order valence-corrected chi connectivity index (χ3v) is 6.32. The molecule has 2 N–H and O–H groups in total. The second-order valence-corrected chi connectivity index (χ2v) is 9.37. The number of nitrogens with zero attached hydrogens (tertiary/aromatic N) is 3. The Hall–Kier alpha value is -3.94. The van der Waals surface area contributed by atoms with Gasteiger partial charge in [-0.3, -0.25) is 5.32 Å². The van der Waals surface area contributed by atoms with Crippen LogP contribution in [0.3, 0.4) is 0 Å². The molecule has 4 rings (SSSR count). The van der Waals surface area contributed by atoms with E-state index in [-0.39, 0.29) is 25.2 Å². The summed E-state index contributed by atoms with van der Waals surface area (Å²) >= 11 is 0. The molecule has 0 aliphatic carbocycles.